The molecule has 0 spiro atoms. The Bertz CT molecular complexity index is 263. The van der Waals surface area contributed by atoms with E-state index < -0.39 is 0 Å². The van der Waals surface area contributed by atoms with Crippen LogP contribution < -0.4 is 5.32 Å². The van der Waals surface area contributed by atoms with Crippen molar-refractivity contribution in [2.75, 3.05) is 5.33 Å². The lowest BCUT2D eigenvalue weighted by atomic mass is 9.86. The smallest absolute Gasteiger partial charge is 0.220 e. The van der Waals surface area contributed by atoms with Gasteiger partial charge in [-0.2, -0.15) is 0 Å². The molecule has 0 aromatic heterocycles. The lowest BCUT2D eigenvalue weighted by Gasteiger charge is -2.31. The fraction of sp³-hybridized carbons (Fsp3) is 0.933. The van der Waals surface area contributed by atoms with Crippen LogP contribution >= 0.6 is 15.9 Å². The summed E-state index contributed by atoms with van der Waals surface area (Å²) in [6, 6.07) is 0.425. The second-order valence-electron chi connectivity index (χ2n) is 6.06. The molecule has 2 atom stereocenters. The molecule has 0 saturated heterocycles. The van der Waals surface area contributed by atoms with Crippen LogP contribution in [0.1, 0.15) is 64.2 Å². The molecule has 0 radical (unpaired) electrons. The van der Waals surface area contributed by atoms with E-state index in [4.69, 9.17) is 0 Å². The standard InChI is InChI=1S/C15H26BrNO/c16-11-13-7-3-4-8-14(13)17-15(18)10-9-12-5-1-2-6-12/h12-14H,1-11H2,(H,17,18). The molecule has 2 aliphatic rings. The van der Waals surface area contributed by atoms with Crippen molar-refractivity contribution in [3.05, 3.63) is 0 Å². The second-order valence-corrected chi connectivity index (χ2v) is 6.71. The summed E-state index contributed by atoms with van der Waals surface area (Å²) in [5.74, 6) is 1.77. The highest BCUT2D eigenvalue weighted by Crippen LogP contribution is 2.29. The highest BCUT2D eigenvalue weighted by molar-refractivity contribution is 9.09. The Morgan fingerprint density at radius 1 is 1.06 bits per heavy atom. The Morgan fingerprint density at radius 2 is 1.72 bits per heavy atom. The Balaban J connectivity index is 1.68. The molecule has 3 heteroatoms. The molecule has 2 unspecified atom stereocenters. The fourth-order valence-corrected chi connectivity index (χ4v) is 4.27. The third kappa shape index (κ3) is 4.25. The number of nitrogens with one attached hydrogen (secondary N) is 1. The summed E-state index contributed by atoms with van der Waals surface area (Å²) >= 11 is 3.58. The van der Waals surface area contributed by atoms with Gasteiger partial charge in [0.05, 0.1) is 0 Å². The maximum atomic E-state index is 12.0. The molecule has 2 rings (SSSR count). The van der Waals surface area contributed by atoms with Crippen LogP contribution in [0.4, 0.5) is 0 Å². The van der Waals surface area contributed by atoms with Gasteiger partial charge < -0.3 is 5.32 Å². The molecule has 0 aromatic carbocycles. The molecule has 0 aliphatic heterocycles. The average Bonchev–Trinajstić information content (AvgIpc) is 2.90. The molecule has 0 bridgehead atoms. The Hall–Kier alpha value is -0.0500. The molecule has 0 aromatic rings. The minimum absolute atomic E-state index is 0.291. The third-order valence-corrected chi connectivity index (χ3v) is 5.54. The molecule has 1 N–H and O–H groups in total. The Kier molecular flexibility index (Phi) is 6.00. The molecular weight excluding hydrogens is 290 g/mol. The zero-order chi connectivity index (χ0) is 12.8. The van der Waals surface area contributed by atoms with Crippen LogP contribution in [-0.4, -0.2) is 17.3 Å². The number of hydrogen-bond acceptors (Lipinski definition) is 1. The first-order chi connectivity index (χ1) is 8.79. The lowest BCUT2D eigenvalue weighted by molar-refractivity contribution is -0.122. The van der Waals surface area contributed by atoms with Crippen molar-refractivity contribution >= 4 is 21.8 Å². The number of carbonyl (C=O) groups is 1. The lowest BCUT2D eigenvalue weighted by Crippen LogP contribution is -2.42. The van der Waals surface area contributed by atoms with E-state index in [9.17, 15) is 4.79 Å². The van der Waals surface area contributed by atoms with Crippen molar-refractivity contribution in [3.63, 3.8) is 0 Å². The minimum atomic E-state index is 0.291. The molecular formula is C15H26BrNO. The number of hydrogen-bond donors (Lipinski definition) is 1. The summed E-state index contributed by atoms with van der Waals surface area (Å²) in [5.41, 5.74) is 0. The number of halogens is 1. The van der Waals surface area contributed by atoms with Gasteiger partial charge in [-0.3, -0.25) is 4.79 Å². The summed E-state index contributed by atoms with van der Waals surface area (Å²) in [5, 5.41) is 4.30. The van der Waals surface area contributed by atoms with E-state index in [2.05, 4.69) is 21.2 Å². The normalized spacial score (nSPS) is 29.4. The monoisotopic (exact) mass is 315 g/mol. The maximum Gasteiger partial charge on any atom is 0.220 e. The first-order valence-electron chi connectivity index (χ1n) is 7.65. The largest absolute Gasteiger partial charge is 0.353 e. The zero-order valence-corrected chi connectivity index (χ0v) is 12.9. The van der Waals surface area contributed by atoms with Crippen molar-refractivity contribution in [3.8, 4) is 0 Å². The maximum absolute atomic E-state index is 12.0. The van der Waals surface area contributed by atoms with Gasteiger partial charge in [-0.25, -0.2) is 0 Å². The van der Waals surface area contributed by atoms with E-state index in [0.29, 0.717) is 17.9 Å². The van der Waals surface area contributed by atoms with Crippen molar-refractivity contribution in [1.29, 1.82) is 0 Å². The zero-order valence-electron chi connectivity index (χ0n) is 11.3. The van der Waals surface area contributed by atoms with E-state index in [0.717, 1.165) is 24.1 Å². The van der Waals surface area contributed by atoms with Gasteiger partial charge in [-0.15, -0.1) is 0 Å². The van der Waals surface area contributed by atoms with Gasteiger partial charge in [-0.1, -0.05) is 54.5 Å². The van der Waals surface area contributed by atoms with Crippen LogP contribution in [0.5, 0.6) is 0 Å². The van der Waals surface area contributed by atoms with Gasteiger partial charge in [0.25, 0.3) is 0 Å². The highest BCUT2D eigenvalue weighted by atomic mass is 79.9. The third-order valence-electron chi connectivity index (χ3n) is 4.71. The van der Waals surface area contributed by atoms with Gasteiger partial charge >= 0.3 is 0 Å². The summed E-state index contributed by atoms with van der Waals surface area (Å²) in [6.07, 6.45) is 12.3. The van der Waals surface area contributed by atoms with E-state index in [1.807, 2.05) is 0 Å². The van der Waals surface area contributed by atoms with Gasteiger partial charge in [0.15, 0.2) is 0 Å². The molecule has 2 aliphatic carbocycles. The van der Waals surface area contributed by atoms with Gasteiger partial charge in [-0.05, 0) is 31.1 Å². The first-order valence-corrected chi connectivity index (χ1v) is 8.77. The van der Waals surface area contributed by atoms with Crippen LogP contribution in [0.15, 0.2) is 0 Å². The SMILES string of the molecule is O=C(CCC1CCCC1)NC1CCCCC1CBr. The fourth-order valence-electron chi connectivity index (χ4n) is 3.50. The molecule has 104 valence electrons. The number of amides is 1. The van der Waals surface area contributed by atoms with Crippen LogP contribution in [0.2, 0.25) is 0 Å². The Morgan fingerprint density at radius 3 is 2.44 bits per heavy atom. The summed E-state index contributed by atoms with van der Waals surface area (Å²) in [4.78, 5) is 12.0. The van der Waals surface area contributed by atoms with Crippen molar-refractivity contribution in [2.45, 2.75) is 70.3 Å². The molecule has 0 heterocycles. The first kappa shape index (κ1) is 14.4. The minimum Gasteiger partial charge on any atom is -0.353 e. The summed E-state index contributed by atoms with van der Waals surface area (Å²) in [6.45, 7) is 0. The highest BCUT2D eigenvalue weighted by Gasteiger charge is 2.25. The molecule has 2 saturated carbocycles. The van der Waals surface area contributed by atoms with Gasteiger partial charge in [0.2, 0.25) is 5.91 Å². The predicted octanol–water partition coefficient (Wildman–Crippen LogP) is 4.03. The average molecular weight is 316 g/mol. The quantitative estimate of drug-likeness (QED) is 0.763. The number of rotatable bonds is 5. The number of carbonyl (C=O) groups excluding carboxylic acids is 1. The van der Waals surface area contributed by atoms with Crippen LogP contribution in [0, 0.1) is 11.8 Å². The molecule has 18 heavy (non-hydrogen) atoms. The van der Waals surface area contributed by atoms with E-state index >= 15 is 0 Å². The van der Waals surface area contributed by atoms with Crippen molar-refractivity contribution < 1.29 is 4.79 Å². The van der Waals surface area contributed by atoms with Crippen LogP contribution in [0.3, 0.4) is 0 Å². The van der Waals surface area contributed by atoms with Crippen LogP contribution in [0.25, 0.3) is 0 Å². The van der Waals surface area contributed by atoms with Gasteiger partial charge in [0.1, 0.15) is 0 Å². The second kappa shape index (κ2) is 7.52. The molecule has 2 nitrogen and oxygen atoms in total. The van der Waals surface area contributed by atoms with E-state index in [-0.39, 0.29) is 0 Å². The predicted molar refractivity (Wildman–Crippen MR) is 78.9 cm³/mol. The van der Waals surface area contributed by atoms with Crippen molar-refractivity contribution in [2.24, 2.45) is 11.8 Å². The molecule has 1 amide bonds. The van der Waals surface area contributed by atoms with Crippen LogP contribution in [-0.2, 0) is 4.79 Å². The number of alkyl halides is 1. The van der Waals surface area contributed by atoms with Crippen molar-refractivity contribution in [1.82, 2.24) is 5.32 Å². The Labute approximate surface area is 119 Å². The van der Waals surface area contributed by atoms with E-state index in [1.165, 1.54) is 51.4 Å². The van der Waals surface area contributed by atoms with Gasteiger partial charge in [0, 0.05) is 17.8 Å². The topological polar surface area (TPSA) is 29.1 Å². The molecule has 2 fully saturated rings. The summed E-state index contributed by atoms with van der Waals surface area (Å²) in [7, 11) is 0. The van der Waals surface area contributed by atoms with E-state index in [1.54, 1.807) is 0 Å². The summed E-state index contributed by atoms with van der Waals surface area (Å²) < 4.78 is 0.